The third kappa shape index (κ3) is 2.82. The average molecular weight is 167 g/mol. The van der Waals surface area contributed by atoms with E-state index in [2.05, 4.69) is 6.58 Å². The second-order valence-corrected chi connectivity index (χ2v) is 2.69. The summed E-state index contributed by atoms with van der Waals surface area (Å²) in [6, 6.07) is 0. The topological polar surface area (TPSA) is 26.0 Å². The van der Waals surface area contributed by atoms with Gasteiger partial charge in [-0.05, 0) is 0 Å². The van der Waals surface area contributed by atoms with Gasteiger partial charge in [0.05, 0.1) is 5.92 Å². The molecule has 0 fully saturated rings. The van der Waals surface area contributed by atoms with Crippen LogP contribution in [0.1, 0.15) is 13.8 Å². The summed E-state index contributed by atoms with van der Waals surface area (Å²) in [7, 11) is 0. The molecule has 0 saturated heterocycles. The summed E-state index contributed by atoms with van der Waals surface area (Å²) in [5.41, 5.74) is 5.22. The Morgan fingerprint density at radius 2 is 1.73 bits per heavy atom. The molecule has 0 aromatic carbocycles. The molecule has 0 radical (unpaired) electrons. The molecule has 66 valence electrons. The number of rotatable bonds is 2. The quantitative estimate of drug-likeness (QED) is 0.670. The summed E-state index contributed by atoms with van der Waals surface area (Å²) >= 11 is 0. The highest BCUT2D eigenvalue weighted by Gasteiger charge is 2.39. The molecule has 0 aliphatic rings. The van der Waals surface area contributed by atoms with Gasteiger partial charge in [-0.2, -0.15) is 13.2 Å². The Hall–Kier alpha value is -0.670. The van der Waals surface area contributed by atoms with Gasteiger partial charge < -0.3 is 5.73 Å². The van der Waals surface area contributed by atoms with Crippen LogP contribution in [-0.2, 0) is 0 Å². The van der Waals surface area contributed by atoms with E-state index in [0.29, 0.717) is 0 Å². The van der Waals surface area contributed by atoms with Crippen LogP contribution in [0.25, 0.3) is 0 Å². The van der Waals surface area contributed by atoms with Gasteiger partial charge >= 0.3 is 6.18 Å². The molecule has 2 N–H and O–H groups in total. The van der Waals surface area contributed by atoms with Crippen LogP contribution in [-0.4, -0.2) is 6.18 Å². The molecule has 4 heteroatoms. The lowest BCUT2D eigenvalue weighted by Gasteiger charge is -2.22. The lowest BCUT2D eigenvalue weighted by molar-refractivity contribution is -0.178. The van der Waals surface area contributed by atoms with E-state index in [9.17, 15) is 13.2 Å². The van der Waals surface area contributed by atoms with Crippen molar-refractivity contribution in [2.75, 3.05) is 0 Å². The number of alkyl halides is 3. The van der Waals surface area contributed by atoms with Gasteiger partial charge in [-0.25, -0.2) is 0 Å². The maximum Gasteiger partial charge on any atom is 0.392 e. The Kier molecular flexibility index (Phi) is 2.96. The van der Waals surface area contributed by atoms with Crippen LogP contribution in [0.15, 0.2) is 12.3 Å². The number of nitrogens with two attached hydrogens (primary N) is 1. The molecule has 1 nitrogen and oxygen atoms in total. The molecule has 0 heterocycles. The second-order valence-electron chi connectivity index (χ2n) is 2.69. The Labute approximate surface area is 64.1 Å². The number of hydrogen-bond donors (Lipinski definition) is 1. The minimum atomic E-state index is -4.18. The third-order valence-electron chi connectivity index (χ3n) is 1.85. The monoisotopic (exact) mass is 167 g/mol. The predicted molar refractivity (Wildman–Crippen MR) is 37.7 cm³/mol. The van der Waals surface area contributed by atoms with Gasteiger partial charge in [0.1, 0.15) is 0 Å². The first-order chi connectivity index (χ1) is 4.76. The van der Waals surface area contributed by atoms with Crippen molar-refractivity contribution >= 4 is 0 Å². The molecule has 1 unspecified atom stereocenters. The van der Waals surface area contributed by atoms with Crippen LogP contribution in [0.5, 0.6) is 0 Å². The molecular formula is C7H12F3N. The van der Waals surface area contributed by atoms with E-state index < -0.39 is 18.0 Å². The maximum atomic E-state index is 12.0. The average Bonchev–Trinajstić information content (AvgIpc) is 1.82. The Morgan fingerprint density at radius 1 is 1.36 bits per heavy atom. The van der Waals surface area contributed by atoms with E-state index >= 15 is 0 Å². The van der Waals surface area contributed by atoms with Crippen molar-refractivity contribution in [1.82, 2.24) is 0 Å². The zero-order valence-corrected chi connectivity index (χ0v) is 6.57. The minimum Gasteiger partial charge on any atom is -0.402 e. The summed E-state index contributed by atoms with van der Waals surface area (Å²) in [4.78, 5) is 0. The molecule has 0 saturated carbocycles. The largest absolute Gasteiger partial charge is 0.402 e. The van der Waals surface area contributed by atoms with E-state index in [-0.39, 0.29) is 5.70 Å². The highest BCUT2D eigenvalue weighted by Crippen LogP contribution is 2.32. The molecule has 0 rings (SSSR count). The first kappa shape index (κ1) is 10.3. The molecule has 0 amide bonds. The fourth-order valence-electron chi connectivity index (χ4n) is 0.605. The molecule has 0 aliphatic carbocycles. The molecule has 0 aromatic rings. The lowest BCUT2D eigenvalue weighted by Crippen LogP contribution is -2.28. The zero-order chi connectivity index (χ0) is 9.23. The van der Waals surface area contributed by atoms with Crippen LogP contribution in [0.4, 0.5) is 13.2 Å². The highest BCUT2D eigenvalue weighted by atomic mass is 19.4. The fraction of sp³-hybridized carbons (Fsp3) is 0.714. The summed E-state index contributed by atoms with van der Waals surface area (Å²) in [5.74, 6) is -2.13. The van der Waals surface area contributed by atoms with Gasteiger partial charge in [-0.15, -0.1) is 0 Å². The smallest absolute Gasteiger partial charge is 0.392 e. The van der Waals surface area contributed by atoms with Crippen LogP contribution in [0.3, 0.4) is 0 Å². The van der Waals surface area contributed by atoms with Crippen molar-refractivity contribution in [2.45, 2.75) is 20.0 Å². The van der Waals surface area contributed by atoms with E-state index in [1.54, 1.807) is 0 Å². The van der Waals surface area contributed by atoms with Crippen molar-refractivity contribution < 1.29 is 13.2 Å². The molecule has 0 aromatic heterocycles. The van der Waals surface area contributed by atoms with Crippen molar-refractivity contribution in [3.8, 4) is 0 Å². The van der Waals surface area contributed by atoms with Crippen molar-refractivity contribution in [1.29, 1.82) is 0 Å². The van der Waals surface area contributed by atoms with E-state index in [4.69, 9.17) is 5.73 Å². The van der Waals surface area contributed by atoms with Gasteiger partial charge in [0.25, 0.3) is 0 Å². The van der Waals surface area contributed by atoms with Gasteiger partial charge in [0.15, 0.2) is 0 Å². The molecule has 0 spiro atoms. The molecule has 11 heavy (non-hydrogen) atoms. The van der Waals surface area contributed by atoms with Crippen LogP contribution < -0.4 is 5.73 Å². The Morgan fingerprint density at radius 3 is 1.82 bits per heavy atom. The number of hydrogen-bond acceptors (Lipinski definition) is 1. The van der Waals surface area contributed by atoms with E-state index in [1.165, 1.54) is 6.92 Å². The minimum absolute atomic E-state index is 0.0785. The molecule has 0 bridgehead atoms. The predicted octanol–water partition coefficient (Wildman–Crippen LogP) is 2.29. The Balaban J connectivity index is 4.25. The maximum absolute atomic E-state index is 12.0. The SMILES string of the molecule is C=C(N)C(C)[C@@H](C)C(F)(F)F. The van der Waals surface area contributed by atoms with Crippen LogP contribution in [0, 0.1) is 11.8 Å². The normalized spacial score (nSPS) is 17.5. The van der Waals surface area contributed by atoms with Crippen LogP contribution >= 0.6 is 0 Å². The summed E-state index contributed by atoms with van der Waals surface area (Å²) in [6.45, 7) is 5.78. The second kappa shape index (κ2) is 3.15. The van der Waals surface area contributed by atoms with Crippen molar-refractivity contribution in [2.24, 2.45) is 17.6 Å². The van der Waals surface area contributed by atoms with Gasteiger partial charge in [0.2, 0.25) is 0 Å². The third-order valence-corrected chi connectivity index (χ3v) is 1.85. The van der Waals surface area contributed by atoms with E-state index in [0.717, 1.165) is 6.92 Å². The van der Waals surface area contributed by atoms with E-state index in [1.807, 2.05) is 0 Å². The Bertz CT molecular complexity index is 150. The number of halogens is 3. The fourth-order valence-corrected chi connectivity index (χ4v) is 0.605. The van der Waals surface area contributed by atoms with Crippen molar-refractivity contribution in [3.05, 3.63) is 12.3 Å². The molecule has 2 atom stereocenters. The van der Waals surface area contributed by atoms with Gasteiger partial charge in [-0.3, -0.25) is 0 Å². The summed E-state index contributed by atoms with van der Waals surface area (Å²) in [6.07, 6.45) is -4.18. The highest BCUT2D eigenvalue weighted by molar-refractivity contribution is 4.95. The zero-order valence-electron chi connectivity index (χ0n) is 6.57. The summed E-state index contributed by atoms with van der Waals surface area (Å²) in [5, 5.41) is 0. The number of allylic oxidation sites excluding steroid dienone is 1. The molecular weight excluding hydrogens is 155 g/mol. The first-order valence-corrected chi connectivity index (χ1v) is 3.27. The molecule has 0 aliphatic heterocycles. The van der Waals surface area contributed by atoms with Gasteiger partial charge in [0, 0.05) is 11.6 Å². The lowest BCUT2D eigenvalue weighted by atomic mass is 9.93. The first-order valence-electron chi connectivity index (χ1n) is 3.27. The summed E-state index contributed by atoms with van der Waals surface area (Å²) < 4.78 is 35.9. The van der Waals surface area contributed by atoms with Gasteiger partial charge in [-0.1, -0.05) is 20.4 Å². The van der Waals surface area contributed by atoms with Crippen molar-refractivity contribution in [3.63, 3.8) is 0 Å². The standard InChI is InChI=1S/C7H12F3N/c1-4(6(3)11)5(2)7(8,9)10/h4-5H,3,11H2,1-2H3/t4?,5-/m1/s1. The van der Waals surface area contributed by atoms with Crippen LogP contribution in [0.2, 0.25) is 0 Å².